The van der Waals surface area contributed by atoms with E-state index in [1.807, 2.05) is 13.8 Å². The first-order valence-corrected chi connectivity index (χ1v) is 5.85. The molecule has 0 radical (unpaired) electrons. The van der Waals surface area contributed by atoms with Crippen LogP contribution < -0.4 is 0 Å². The van der Waals surface area contributed by atoms with Crippen LogP contribution in [0.2, 0.25) is 0 Å². The van der Waals surface area contributed by atoms with Crippen LogP contribution >= 0.6 is 0 Å². The zero-order chi connectivity index (χ0) is 13.5. The molecule has 1 aromatic rings. The van der Waals surface area contributed by atoms with Gasteiger partial charge in [0.1, 0.15) is 0 Å². The highest BCUT2D eigenvalue weighted by Crippen LogP contribution is 2.49. The summed E-state index contributed by atoms with van der Waals surface area (Å²) >= 11 is 0. The van der Waals surface area contributed by atoms with Gasteiger partial charge in [0.25, 0.3) is 6.43 Å². The molecule has 0 spiro atoms. The molecule has 0 aromatic carbocycles. The average molecular weight is 259 g/mol. The number of carboxylic acids is 1. The molecule has 1 N–H and O–H groups in total. The summed E-state index contributed by atoms with van der Waals surface area (Å²) in [5, 5.41) is 8.83. The Kier molecular flexibility index (Phi) is 3.12. The molecule has 0 bridgehead atoms. The van der Waals surface area contributed by atoms with E-state index in [1.54, 1.807) is 0 Å². The third-order valence-corrected chi connectivity index (χ3v) is 3.63. The van der Waals surface area contributed by atoms with Crippen molar-refractivity contribution in [2.75, 3.05) is 0 Å². The van der Waals surface area contributed by atoms with Gasteiger partial charge in [-0.1, -0.05) is 20.3 Å². The Morgan fingerprint density at radius 3 is 2.61 bits per heavy atom. The molecule has 2 rings (SSSR count). The molecular formula is C12H15F2NO3. The van der Waals surface area contributed by atoms with Crippen LogP contribution in [-0.2, 0) is 0 Å². The number of carbonyl (C=O) groups is 1. The van der Waals surface area contributed by atoms with Crippen molar-refractivity contribution in [2.45, 2.75) is 45.5 Å². The first-order valence-electron chi connectivity index (χ1n) is 5.85. The molecule has 1 fully saturated rings. The lowest BCUT2D eigenvalue weighted by atomic mass is 9.82. The third-order valence-electron chi connectivity index (χ3n) is 3.63. The minimum Gasteiger partial charge on any atom is -0.475 e. The molecule has 0 amide bonds. The van der Waals surface area contributed by atoms with E-state index < -0.39 is 23.8 Å². The Labute approximate surface area is 103 Å². The Hall–Kier alpha value is -1.46. The SMILES string of the molecule is CC1(C)CCCC1c1nc(C(F)F)c(C(=O)O)o1. The molecule has 4 nitrogen and oxygen atoms in total. The minimum atomic E-state index is -2.93. The van der Waals surface area contributed by atoms with Gasteiger partial charge in [0.15, 0.2) is 11.6 Å². The van der Waals surface area contributed by atoms with Gasteiger partial charge in [-0.2, -0.15) is 0 Å². The molecule has 1 atom stereocenters. The van der Waals surface area contributed by atoms with E-state index in [2.05, 4.69) is 4.98 Å². The molecule has 1 unspecified atom stereocenters. The van der Waals surface area contributed by atoms with Crippen LogP contribution in [0.5, 0.6) is 0 Å². The van der Waals surface area contributed by atoms with E-state index in [-0.39, 0.29) is 17.2 Å². The molecule has 18 heavy (non-hydrogen) atoms. The predicted octanol–water partition coefficient (Wildman–Crippen LogP) is 3.60. The van der Waals surface area contributed by atoms with E-state index >= 15 is 0 Å². The number of oxazole rings is 1. The van der Waals surface area contributed by atoms with Crippen molar-refractivity contribution in [3.8, 4) is 0 Å². The second-order valence-electron chi connectivity index (χ2n) is 5.31. The van der Waals surface area contributed by atoms with Crippen LogP contribution in [0, 0.1) is 5.41 Å². The summed E-state index contributed by atoms with van der Waals surface area (Å²) in [6, 6.07) is 0. The number of halogens is 2. The lowest BCUT2D eigenvalue weighted by Crippen LogP contribution is -2.15. The number of nitrogens with zero attached hydrogens (tertiary/aromatic N) is 1. The molecule has 1 aliphatic rings. The van der Waals surface area contributed by atoms with Gasteiger partial charge in [-0.3, -0.25) is 0 Å². The van der Waals surface area contributed by atoms with Crippen LogP contribution in [0.3, 0.4) is 0 Å². The normalized spacial score (nSPS) is 22.6. The topological polar surface area (TPSA) is 63.3 Å². The van der Waals surface area contributed by atoms with Gasteiger partial charge in [0.05, 0.1) is 0 Å². The highest BCUT2D eigenvalue weighted by atomic mass is 19.3. The molecule has 100 valence electrons. The second-order valence-corrected chi connectivity index (χ2v) is 5.31. The molecule has 1 heterocycles. The number of hydrogen-bond donors (Lipinski definition) is 1. The Bertz CT molecular complexity index is 468. The first kappa shape index (κ1) is 13.0. The number of rotatable bonds is 3. The van der Waals surface area contributed by atoms with Gasteiger partial charge in [-0.15, -0.1) is 0 Å². The zero-order valence-corrected chi connectivity index (χ0v) is 10.2. The molecule has 1 aromatic heterocycles. The van der Waals surface area contributed by atoms with Crippen molar-refractivity contribution >= 4 is 5.97 Å². The van der Waals surface area contributed by atoms with Gasteiger partial charge in [0.2, 0.25) is 5.76 Å². The zero-order valence-electron chi connectivity index (χ0n) is 10.2. The van der Waals surface area contributed by atoms with Gasteiger partial charge in [0, 0.05) is 5.92 Å². The summed E-state index contributed by atoms with van der Waals surface area (Å²) in [6.45, 7) is 4.02. The number of aromatic carboxylic acids is 1. The van der Waals surface area contributed by atoms with Crippen molar-refractivity contribution in [3.05, 3.63) is 17.3 Å². The highest BCUT2D eigenvalue weighted by Gasteiger charge is 2.40. The van der Waals surface area contributed by atoms with Crippen molar-refractivity contribution in [2.24, 2.45) is 5.41 Å². The highest BCUT2D eigenvalue weighted by molar-refractivity contribution is 5.85. The smallest absolute Gasteiger partial charge is 0.374 e. The number of hydrogen-bond acceptors (Lipinski definition) is 3. The average Bonchev–Trinajstić information content (AvgIpc) is 2.80. The lowest BCUT2D eigenvalue weighted by Gasteiger charge is -2.23. The molecular weight excluding hydrogens is 244 g/mol. The number of carboxylic acid groups (broad SMARTS) is 1. The largest absolute Gasteiger partial charge is 0.475 e. The summed E-state index contributed by atoms with van der Waals surface area (Å²) in [6.07, 6.45) is -0.230. The maximum Gasteiger partial charge on any atom is 0.374 e. The van der Waals surface area contributed by atoms with Crippen LogP contribution in [0.25, 0.3) is 0 Å². The standard InChI is InChI=1S/C12H15F2NO3/c1-12(2)5-3-4-6(12)10-15-7(9(13)14)8(18-10)11(16)17/h6,9H,3-5H2,1-2H3,(H,16,17). The summed E-state index contributed by atoms with van der Waals surface area (Å²) in [5.41, 5.74) is -0.861. The fraction of sp³-hybridized carbons (Fsp3) is 0.667. The molecule has 1 saturated carbocycles. The summed E-state index contributed by atoms with van der Waals surface area (Å²) in [7, 11) is 0. The fourth-order valence-electron chi connectivity index (χ4n) is 2.58. The van der Waals surface area contributed by atoms with E-state index in [4.69, 9.17) is 9.52 Å². The van der Waals surface area contributed by atoms with Gasteiger partial charge in [-0.25, -0.2) is 18.6 Å². The van der Waals surface area contributed by atoms with E-state index in [0.29, 0.717) is 0 Å². The Morgan fingerprint density at radius 1 is 1.56 bits per heavy atom. The molecule has 6 heteroatoms. The van der Waals surface area contributed by atoms with E-state index in [9.17, 15) is 13.6 Å². The molecule has 0 aliphatic heterocycles. The van der Waals surface area contributed by atoms with Crippen LogP contribution in [0.1, 0.15) is 67.6 Å². The van der Waals surface area contributed by atoms with Crippen LogP contribution in [0.15, 0.2) is 4.42 Å². The van der Waals surface area contributed by atoms with Crippen LogP contribution in [-0.4, -0.2) is 16.1 Å². The van der Waals surface area contributed by atoms with Gasteiger partial charge < -0.3 is 9.52 Å². The second kappa shape index (κ2) is 4.33. The number of alkyl halides is 2. The summed E-state index contributed by atoms with van der Waals surface area (Å²) < 4.78 is 30.5. The van der Waals surface area contributed by atoms with Crippen molar-refractivity contribution in [3.63, 3.8) is 0 Å². The van der Waals surface area contributed by atoms with Gasteiger partial charge >= 0.3 is 5.97 Å². The van der Waals surface area contributed by atoms with E-state index in [0.717, 1.165) is 19.3 Å². The predicted molar refractivity (Wildman–Crippen MR) is 58.8 cm³/mol. The van der Waals surface area contributed by atoms with Crippen molar-refractivity contribution < 1.29 is 23.1 Å². The molecule has 0 saturated heterocycles. The van der Waals surface area contributed by atoms with Gasteiger partial charge in [-0.05, 0) is 18.3 Å². The first-order chi connectivity index (χ1) is 8.33. The minimum absolute atomic E-state index is 0.0944. The van der Waals surface area contributed by atoms with Crippen LogP contribution in [0.4, 0.5) is 8.78 Å². The summed E-state index contributed by atoms with van der Waals surface area (Å²) in [4.78, 5) is 14.6. The quantitative estimate of drug-likeness (QED) is 0.900. The van der Waals surface area contributed by atoms with Crippen molar-refractivity contribution in [1.82, 2.24) is 4.98 Å². The van der Waals surface area contributed by atoms with E-state index in [1.165, 1.54) is 0 Å². The number of aromatic nitrogens is 1. The maximum atomic E-state index is 12.7. The maximum absolute atomic E-state index is 12.7. The Balaban J connectivity index is 2.41. The monoisotopic (exact) mass is 259 g/mol. The lowest BCUT2D eigenvalue weighted by molar-refractivity contribution is 0.0642. The fourth-order valence-corrected chi connectivity index (χ4v) is 2.58. The summed E-state index contributed by atoms with van der Waals surface area (Å²) in [5.74, 6) is -2.20. The molecule has 1 aliphatic carbocycles. The van der Waals surface area contributed by atoms with Crippen molar-refractivity contribution in [1.29, 1.82) is 0 Å². The third kappa shape index (κ3) is 2.11. The Morgan fingerprint density at radius 2 is 2.22 bits per heavy atom.